The number of piperidine rings is 2. The summed E-state index contributed by atoms with van der Waals surface area (Å²) in [6.45, 7) is 2.87. The molecule has 2 saturated heterocycles. The third-order valence-corrected chi connectivity index (χ3v) is 7.15. The van der Waals surface area contributed by atoms with E-state index in [1.54, 1.807) is 4.90 Å². The smallest absolute Gasteiger partial charge is 0.255 e. The standard InChI is InChI=1S/C25H25ClFN3O3/c26-19-9-15(10-20(27)12-19)13-29-7-5-16(6-8-29)17-1-2-21-18(11-17)14-30(25(21)33)22-3-4-23(31)28-24(22)32/h1-2,9-12,16,22H,3-8,13-14H2,(H,28,31,32). The van der Waals surface area contributed by atoms with Crippen LogP contribution in [0.3, 0.4) is 0 Å². The summed E-state index contributed by atoms with van der Waals surface area (Å²) in [5.74, 6) is -0.738. The number of carbonyl (C=O) groups is 3. The first-order valence-corrected chi connectivity index (χ1v) is 11.7. The van der Waals surface area contributed by atoms with E-state index in [2.05, 4.69) is 16.3 Å². The van der Waals surface area contributed by atoms with Crippen molar-refractivity contribution in [3.8, 4) is 0 Å². The third-order valence-electron chi connectivity index (χ3n) is 6.94. The van der Waals surface area contributed by atoms with E-state index in [1.807, 2.05) is 18.2 Å². The Morgan fingerprint density at radius 2 is 1.82 bits per heavy atom. The molecule has 3 heterocycles. The average Bonchev–Trinajstić information content (AvgIpc) is 3.09. The molecular formula is C25H25ClFN3O3. The summed E-state index contributed by atoms with van der Waals surface area (Å²) in [6.07, 6.45) is 2.58. The molecule has 0 radical (unpaired) electrons. The van der Waals surface area contributed by atoms with Crippen LogP contribution in [0, 0.1) is 5.82 Å². The second kappa shape index (κ2) is 8.88. The molecule has 2 aromatic rings. The summed E-state index contributed by atoms with van der Waals surface area (Å²) >= 11 is 5.98. The highest BCUT2D eigenvalue weighted by atomic mass is 35.5. The lowest BCUT2D eigenvalue weighted by Crippen LogP contribution is -2.52. The predicted molar refractivity (Wildman–Crippen MR) is 121 cm³/mol. The van der Waals surface area contributed by atoms with Gasteiger partial charge in [0.2, 0.25) is 11.8 Å². The van der Waals surface area contributed by atoms with Crippen molar-refractivity contribution in [2.24, 2.45) is 0 Å². The largest absolute Gasteiger partial charge is 0.322 e. The molecule has 1 atom stereocenters. The minimum atomic E-state index is -0.592. The number of carbonyl (C=O) groups excluding carboxylic acids is 3. The number of benzene rings is 2. The van der Waals surface area contributed by atoms with Crippen LogP contribution in [-0.2, 0) is 22.7 Å². The molecule has 3 amide bonds. The fourth-order valence-electron chi connectivity index (χ4n) is 5.23. The minimum absolute atomic E-state index is 0.144. The maximum Gasteiger partial charge on any atom is 0.255 e. The third kappa shape index (κ3) is 4.52. The number of likely N-dealkylation sites (tertiary alicyclic amines) is 1. The van der Waals surface area contributed by atoms with Gasteiger partial charge >= 0.3 is 0 Å². The monoisotopic (exact) mass is 469 g/mol. The average molecular weight is 470 g/mol. The number of fused-ring (bicyclic) bond motifs is 1. The first-order chi connectivity index (χ1) is 15.9. The van der Waals surface area contributed by atoms with E-state index in [4.69, 9.17) is 11.6 Å². The van der Waals surface area contributed by atoms with Crippen molar-refractivity contribution in [2.45, 2.75) is 50.7 Å². The van der Waals surface area contributed by atoms with E-state index >= 15 is 0 Å². The van der Waals surface area contributed by atoms with Gasteiger partial charge in [0.15, 0.2) is 0 Å². The zero-order valence-corrected chi connectivity index (χ0v) is 18.9. The highest BCUT2D eigenvalue weighted by molar-refractivity contribution is 6.30. The molecule has 3 aliphatic heterocycles. The Kier molecular flexibility index (Phi) is 5.93. The zero-order chi connectivity index (χ0) is 23.1. The van der Waals surface area contributed by atoms with Crippen molar-refractivity contribution >= 4 is 29.3 Å². The van der Waals surface area contributed by atoms with Gasteiger partial charge in [0.05, 0.1) is 0 Å². The van der Waals surface area contributed by atoms with E-state index in [1.165, 1.54) is 17.7 Å². The Hall–Kier alpha value is -2.77. The van der Waals surface area contributed by atoms with Gasteiger partial charge in [0.25, 0.3) is 5.91 Å². The van der Waals surface area contributed by atoms with Crippen LogP contribution in [0.5, 0.6) is 0 Å². The highest BCUT2D eigenvalue weighted by Crippen LogP contribution is 2.34. The van der Waals surface area contributed by atoms with Crippen molar-refractivity contribution in [3.63, 3.8) is 0 Å². The maximum absolute atomic E-state index is 13.6. The Balaban J connectivity index is 1.23. The Labute approximate surface area is 196 Å². The molecule has 0 saturated carbocycles. The second-order valence-electron chi connectivity index (χ2n) is 9.14. The van der Waals surface area contributed by atoms with Gasteiger partial charge in [-0.25, -0.2) is 4.39 Å². The van der Waals surface area contributed by atoms with Gasteiger partial charge in [-0.05, 0) is 79.2 Å². The topological polar surface area (TPSA) is 69.7 Å². The van der Waals surface area contributed by atoms with Crippen LogP contribution < -0.4 is 5.32 Å². The fourth-order valence-corrected chi connectivity index (χ4v) is 5.48. The van der Waals surface area contributed by atoms with Gasteiger partial charge in [0.1, 0.15) is 11.9 Å². The molecule has 33 heavy (non-hydrogen) atoms. The van der Waals surface area contributed by atoms with Gasteiger partial charge in [-0.1, -0.05) is 23.7 Å². The molecule has 1 unspecified atom stereocenters. The van der Waals surface area contributed by atoms with Gasteiger partial charge in [-0.2, -0.15) is 0 Å². The molecule has 172 valence electrons. The summed E-state index contributed by atoms with van der Waals surface area (Å²) in [4.78, 5) is 40.5. The van der Waals surface area contributed by atoms with Crippen molar-refractivity contribution < 1.29 is 18.8 Å². The number of hydrogen-bond acceptors (Lipinski definition) is 4. The number of halogens is 2. The van der Waals surface area contributed by atoms with Gasteiger partial charge in [0, 0.05) is 30.1 Å². The van der Waals surface area contributed by atoms with Crippen molar-refractivity contribution in [3.05, 3.63) is 69.5 Å². The number of nitrogens with one attached hydrogen (secondary N) is 1. The maximum atomic E-state index is 13.6. The molecule has 1 N–H and O–H groups in total. The van der Waals surface area contributed by atoms with Gasteiger partial charge in [-0.3, -0.25) is 24.6 Å². The minimum Gasteiger partial charge on any atom is -0.322 e. The van der Waals surface area contributed by atoms with E-state index in [9.17, 15) is 18.8 Å². The molecule has 2 aromatic carbocycles. The SMILES string of the molecule is O=C1CCC(N2Cc3cc(C4CCN(Cc5cc(F)cc(Cl)c5)CC4)ccc3C2=O)C(=O)N1. The lowest BCUT2D eigenvalue weighted by Gasteiger charge is -2.32. The number of rotatable bonds is 4. The number of hydrogen-bond donors (Lipinski definition) is 1. The molecule has 0 bridgehead atoms. The van der Waals surface area contributed by atoms with Crippen LogP contribution in [-0.4, -0.2) is 46.7 Å². The predicted octanol–water partition coefficient (Wildman–Crippen LogP) is 3.62. The highest BCUT2D eigenvalue weighted by Gasteiger charge is 2.39. The fraction of sp³-hybridized carbons (Fsp3) is 0.400. The van der Waals surface area contributed by atoms with Crippen molar-refractivity contribution in [1.82, 2.24) is 15.1 Å². The molecule has 6 nitrogen and oxygen atoms in total. The van der Waals surface area contributed by atoms with Crippen LogP contribution in [0.1, 0.15) is 58.6 Å². The molecule has 0 aromatic heterocycles. The molecular weight excluding hydrogens is 445 g/mol. The van der Waals surface area contributed by atoms with Crippen LogP contribution in [0.25, 0.3) is 0 Å². The quantitative estimate of drug-likeness (QED) is 0.694. The Bertz CT molecular complexity index is 1110. The number of amides is 3. The summed E-state index contributed by atoms with van der Waals surface area (Å²) in [7, 11) is 0. The Morgan fingerprint density at radius 1 is 1.03 bits per heavy atom. The van der Waals surface area contributed by atoms with Gasteiger partial charge < -0.3 is 4.90 Å². The van der Waals surface area contributed by atoms with E-state index in [0.717, 1.165) is 37.1 Å². The first-order valence-electron chi connectivity index (χ1n) is 11.3. The van der Waals surface area contributed by atoms with E-state index in [-0.39, 0.29) is 30.0 Å². The number of nitrogens with zero attached hydrogens (tertiary/aromatic N) is 2. The molecule has 8 heteroatoms. The lowest BCUT2D eigenvalue weighted by atomic mass is 9.87. The molecule has 2 fully saturated rings. The first kappa shape index (κ1) is 22.0. The number of imide groups is 1. The second-order valence-corrected chi connectivity index (χ2v) is 9.58. The summed E-state index contributed by atoms with van der Waals surface area (Å²) in [6, 6.07) is 10.1. The summed E-state index contributed by atoms with van der Waals surface area (Å²) in [5.41, 5.74) is 3.67. The van der Waals surface area contributed by atoms with Gasteiger partial charge in [-0.15, -0.1) is 0 Å². The van der Waals surface area contributed by atoms with Crippen molar-refractivity contribution in [2.75, 3.05) is 13.1 Å². The van der Waals surface area contributed by atoms with Crippen LogP contribution in [0.4, 0.5) is 4.39 Å². The van der Waals surface area contributed by atoms with Crippen LogP contribution >= 0.6 is 11.6 Å². The molecule has 0 spiro atoms. The van der Waals surface area contributed by atoms with Crippen LogP contribution in [0.2, 0.25) is 5.02 Å². The van der Waals surface area contributed by atoms with Crippen molar-refractivity contribution in [1.29, 1.82) is 0 Å². The van der Waals surface area contributed by atoms with Crippen LogP contribution in [0.15, 0.2) is 36.4 Å². The van der Waals surface area contributed by atoms with E-state index in [0.29, 0.717) is 36.0 Å². The lowest BCUT2D eigenvalue weighted by molar-refractivity contribution is -0.136. The molecule has 0 aliphatic carbocycles. The summed E-state index contributed by atoms with van der Waals surface area (Å²) in [5, 5.41) is 2.76. The molecule has 3 aliphatic rings. The normalized spacial score (nSPS) is 21.9. The van der Waals surface area contributed by atoms with E-state index < -0.39 is 6.04 Å². The molecule has 5 rings (SSSR count). The Morgan fingerprint density at radius 3 is 2.55 bits per heavy atom. The summed E-state index contributed by atoms with van der Waals surface area (Å²) < 4.78 is 13.6. The zero-order valence-electron chi connectivity index (χ0n) is 18.2.